The molecule has 2 aliphatic rings. The van der Waals surface area contributed by atoms with Crippen molar-refractivity contribution in [3.8, 4) is 0 Å². The van der Waals surface area contributed by atoms with Crippen LogP contribution in [0.1, 0.15) is 52.7 Å². The first-order valence-corrected chi connectivity index (χ1v) is 12.3. The zero-order chi connectivity index (χ0) is 22.1. The minimum atomic E-state index is -0.695. The summed E-state index contributed by atoms with van der Waals surface area (Å²) < 4.78 is 2.33. The summed E-state index contributed by atoms with van der Waals surface area (Å²) in [5.41, 5.74) is 7.79. The number of primary amides is 1. The Labute approximate surface area is 197 Å². The molecule has 3 unspecified atom stereocenters. The molecule has 1 fully saturated rings. The fourth-order valence-electron chi connectivity index (χ4n) is 4.81. The van der Waals surface area contributed by atoms with Gasteiger partial charge < -0.3 is 10.6 Å². The van der Waals surface area contributed by atoms with Crippen molar-refractivity contribution in [1.29, 1.82) is 0 Å². The summed E-state index contributed by atoms with van der Waals surface area (Å²) in [7, 11) is 0. The quantitative estimate of drug-likeness (QED) is 0.622. The van der Waals surface area contributed by atoms with E-state index in [1.165, 1.54) is 0 Å². The number of carbonyl (C=O) groups excluding carboxylic acids is 2. The van der Waals surface area contributed by atoms with Crippen LogP contribution in [0, 0.1) is 0 Å². The highest BCUT2D eigenvalue weighted by molar-refractivity contribution is 7.96. The number of hydrogen-bond donors (Lipinski definition) is 1. The number of hydrogen-bond acceptors (Lipinski definition) is 4. The lowest BCUT2D eigenvalue weighted by Crippen LogP contribution is -2.52. The molecule has 0 radical (unpaired) electrons. The van der Waals surface area contributed by atoms with E-state index in [1.807, 2.05) is 18.2 Å². The van der Waals surface area contributed by atoms with Crippen LogP contribution in [0.15, 0.2) is 42.5 Å². The second-order valence-electron chi connectivity index (χ2n) is 8.01. The Kier molecular flexibility index (Phi) is 6.82. The number of nitrogens with two attached hydrogens (primary N) is 1. The van der Waals surface area contributed by atoms with Crippen molar-refractivity contribution in [2.45, 2.75) is 37.3 Å². The largest absolute Gasteiger partial charge is 0.369 e. The first kappa shape index (κ1) is 22.5. The number of nitrogens with zero attached hydrogens (tertiary/aromatic N) is 2. The molecule has 2 aromatic carbocycles. The number of benzene rings is 2. The van der Waals surface area contributed by atoms with Gasteiger partial charge in [-0.05, 0) is 48.4 Å². The van der Waals surface area contributed by atoms with Crippen LogP contribution in [0.3, 0.4) is 0 Å². The van der Waals surface area contributed by atoms with Crippen LogP contribution in [-0.4, -0.2) is 46.4 Å². The minimum Gasteiger partial charge on any atom is -0.369 e. The number of halogens is 2. The summed E-state index contributed by atoms with van der Waals surface area (Å²) in [6.07, 6.45) is 5.32. The molecule has 31 heavy (non-hydrogen) atoms. The van der Waals surface area contributed by atoms with Crippen LogP contribution in [0.4, 0.5) is 0 Å². The highest BCUT2D eigenvalue weighted by atomic mass is 35.5. The monoisotopic (exact) mass is 477 g/mol. The SMILES string of the molecule is CSN1CCCCC1CN1C(=O)c2ccccc2C(C(N)=O)C1c1ccc(Cl)cc1Cl. The second-order valence-corrected chi connectivity index (χ2v) is 9.69. The van der Waals surface area contributed by atoms with Crippen LogP contribution in [0.5, 0.6) is 0 Å². The zero-order valence-corrected chi connectivity index (χ0v) is 19.6. The number of rotatable bonds is 5. The molecule has 0 aromatic heterocycles. The molecule has 2 aromatic rings. The number of piperidine rings is 1. The van der Waals surface area contributed by atoms with Crippen molar-refractivity contribution < 1.29 is 9.59 Å². The zero-order valence-electron chi connectivity index (χ0n) is 17.3. The molecule has 0 spiro atoms. The Bertz CT molecular complexity index is 1000. The molecular formula is C23H25Cl2N3O2S. The van der Waals surface area contributed by atoms with E-state index in [-0.39, 0.29) is 11.9 Å². The van der Waals surface area contributed by atoms with E-state index < -0.39 is 17.9 Å². The van der Waals surface area contributed by atoms with Gasteiger partial charge in [-0.15, -0.1) is 0 Å². The lowest BCUT2D eigenvalue weighted by molar-refractivity contribution is -0.121. The maximum absolute atomic E-state index is 13.7. The molecule has 1 saturated heterocycles. The fourth-order valence-corrected chi connectivity index (χ4v) is 6.11. The molecule has 2 amide bonds. The van der Waals surface area contributed by atoms with Gasteiger partial charge in [-0.1, -0.05) is 65.8 Å². The lowest BCUT2D eigenvalue weighted by Gasteiger charge is -2.45. The van der Waals surface area contributed by atoms with Crippen molar-refractivity contribution in [3.05, 3.63) is 69.2 Å². The van der Waals surface area contributed by atoms with Crippen molar-refractivity contribution >= 4 is 47.0 Å². The first-order valence-electron chi connectivity index (χ1n) is 10.4. The molecule has 0 aliphatic carbocycles. The van der Waals surface area contributed by atoms with Crippen molar-refractivity contribution in [2.75, 3.05) is 19.3 Å². The van der Waals surface area contributed by atoms with Gasteiger partial charge in [0.1, 0.15) is 0 Å². The van der Waals surface area contributed by atoms with Crippen LogP contribution < -0.4 is 5.73 Å². The van der Waals surface area contributed by atoms with Gasteiger partial charge >= 0.3 is 0 Å². The van der Waals surface area contributed by atoms with Crippen molar-refractivity contribution in [1.82, 2.24) is 9.21 Å². The lowest BCUT2D eigenvalue weighted by atomic mass is 9.79. The van der Waals surface area contributed by atoms with E-state index in [0.29, 0.717) is 33.3 Å². The van der Waals surface area contributed by atoms with E-state index in [9.17, 15) is 9.59 Å². The Morgan fingerprint density at radius 1 is 1.16 bits per heavy atom. The third-order valence-corrected chi connectivity index (χ3v) is 7.75. The van der Waals surface area contributed by atoms with Crippen molar-refractivity contribution in [2.24, 2.45) is 5.73 Å². The first-order chi connectivity index (χ1) is 14.9. The van der Waals surface area contributed by atoms with Crippen LogP contribution in [-0.2, 0) is 4.79 Å². The fraction of sp³-hybridized carbons (Fsp3) is 0.391. The average molecular weight is 478 g/mol. The maximum atomic E-state index is 13.7. The number of amides is 2. The second kappa shape index (κ2) is 9.41. The van der Waals surface area contributed by atoms with Gasteiger partial charge in [0.05, 0.1) is 12.0 Å². The van der Waals surface area contributed by atoms with Gasteiger partial charge in [0.2, 0.25) is 5.91 Å². The molecule has 2 aliphatic heterocycles. The summed E-state index contributed by atoms with van der Waals surface area (Å²) in [6.45, 7) is 1.48. The van der Waals surface area contributed by atoms with Crippen LogP contribution >= 0.6 is 35.1 Å². The summed E-state index contributed by atoms with van der Waals surface area (Å²) >= 11 is 14.4. The molecule has 164 valence electrons. The van der Waals surface area contributed by atoms with Gasteiger partial charge in [-0.2, -0.15) is 0 Å². The minimum absolute atomic E-state index is 0.101. The van der Waals surface area contributed by atoms with E-state index >= 15 is 0 Å². The molecular weight excluding hydrogens is 453 g/mol. The highest BCUT2D eigenvalue weighted by Gasteiger charge is 2.45. The van der Waals surface area contributed by atoms with E-state index in [4.69, 9.17) is 28.9 Å². The molecule has 8 heteroatoms. The molecule has 4 rings (SSSR count). The Balaban J connectivity index is 1.84. The predicted molar refractivity (Wildman–Crippen MR) is 126 cm³/mol. The van der Waals surface area contributed by atoms with Gasteiger partial charge in [0.25, 0.3) is 5.91 Å². The summed E-state index contributed by atoms with van der Waals surface area (Å²) in [5.74, 6) is -1.28. The molecule has 5 nitrogen and oxygen atoms in total. The smallest absolute Gasteiger partial charge is 0.254 e. The number of carbonyl (C=O) groups is 2. The van der Waals surface area contributed by atoms with E-state index in [1.54, 1.807) is 41.1 Å². The van der Waals surface area contributed by atoms with Gasteiger partial charge in [0.15, 0.2) is 0 Å². The van der Waals surface area contributed by atoms with Gasteiger partial charge in [-0.3, -0.25) is 9.59 Å². The topological polar surface area (TPSA) is 66.6 Å². The van der Waals surface area contributed by atoms with Crippen LogP contribution in [0.25, 0.3) is 0 Å². The third kappa shape index (κ3) is 4.31. The summed E-state index contributed by atoms with van der Waals surface area (Å²) in [6, 6.07) is 12.0. The summed E-state index contributed by atoms with van der Waals surface area (Å²) in [4.78, 5) is 28.2. The molecule has 0 bridgehead atoms. The summed E-state index contributed by atoms with van der Waals surface area (Å²) in [5, 5.41) is 0.922. The van der Waals surface area contributed by atoms with Gasteiger partial charge in [-0.25, -0.2) is 4.31 Å². The van der Waals surface area contributed by atoms with E-state index in [0.717, 1.165) is 25.8 Å². The molecule has 2 N–H and O–H groups in total. The van der Waals surface area contributed by atoms with Crippen molar-refractivity contribution in [3.63, 3.8) is 0 Å². The Morgan fingerprint density at radius 2 is 1.94 bits per heavy atom. The Morgan fingerprint density at radius 3 is 2.65 bits per heavy atom. The molecule has 3 atom stereocenters. The average Bonchev–Trinajstić information content (AvgIpc) is 2.76. The maximum Gasteiger partial charge on any atom is 0.254 e. The molecule has 2 heterocycles. The van der Waals surface area contributed by atoms with Gasteiger partial charge in [0, 0.05) is 34.7 Å². The Hall–Kier alpha value is -1.73. The van der Waals surface area contributed by atoms with E-state index in [2.05, 4.69) is 10.6 Å². The predicted octanol–water partition coefficient (Wildman–Crippen LogP) is 4.89. The standard InChI is InChI=1S/C23H25Cl2N3O2S/c1-31-28-11-5-4-6-15(28)13-27-21(18-10-9-14(24)12-19(18)25)20(22(26)29)16-7-2-3-8-17(16)23(27)30/h2-3,7-10,12,15,20-21H,4-6,11,13H2,1H3,(H2,26,29). The third-order valence-electron chi connectivity index (χ3n) is 6.24. The normalized spacial score (nSPS) is 24.2. The van der Waals surface area contributed by atoms with Crippen LogP contribution in [0.2, 0.25) is 10.0 Å². The highest BCUT2D eigenvalue weighted by Crippen LogP contribution is 2.45. The molecule has 0 saturated carbocycles. The number of fused-ring (bicyclic) bond motifs is 1.